The summed E-state index contributed by atoms with van der Waals surface area (Å²) in [7, 11) is 0. The van der Waals surface area contributed by atoms with Crippen LogP contribution in [0, 0.1) is 6.92 Å². The van der Waals surface area contributed by atoms with Crippen LogP contribution in [0.15, 0.2) is 51.9 Å². The summed E-state index contributed by atoms with van der Waals surface area (Å²) in [5.74, 6) is -2.88. The number of halogens is 2. The van der Waals surface area contributed by atoms with Crippen LogP contribution in [0.2, 0.25) is 0 Å². The molecule has 27 heavy (non-hydrogen) atoms. The van der Waals surface area contributed by atoms with Gasteiger partial charge in [-0.15, -0.1) is 0 Å². The van der Waals surface area contributed by atoms with Crippen LogP contribution < -0.4 is 15.9 Å². The van der Waals surface area contributed by atoms with Gasteiger partial charge in [0, 0.05) is 35.2 Å². The van der Waals surface area contributed by atoms with E-state index in [0.29, 0.717) is 17.2 Å². The number of benzene rings is 2. The monoisotopic (exact) mass is 367 g/mol. The molecule has 0 aliphatic carbocycles. The van der Waals surface area contributed by atoms with Crippen molar-refractivity contribution in [2.24, 2.45) is 4.99 Å². The highest BCUT2D eigenvalue weighted by Gasteiger charge is 2.25. The van der Waals surface area contributed by atoms with Gasteiger partial charge in [0.15, 0.2) is 5.69 Å². The molecule has 0 unspecified atom stereocenters. The van der Waals surface area contributed by atoms with Crippen molar-refractivity contribution in [3.05, 3.63) is 70.1 Å². The first-order valence-corrected chi connectivity index (χ1v) is 8.27. The van der Waals surface area contributed by atoms with Crippen LogP contribution in [-0.4, -0.2) is 10.9 Å². The normalized spacial score (nSPS) is 12.4. The van der Waals surface area contributed by atoms with E-state index >= 15 is 0 Å². The molecule has 0 saturated heterocycles. The zero-order valence-corrected chi connectivity index (χ0v) is 14.6. The second-order valence-electron chi connectivity index (χ2n) is 6.38. The lowest BCUT2D eigenvalue weighted by atomic mass is 10.1. The van der Waals surface area contributed by atoms with Gasteiger partial charge in [0.25, 0.3) is 11.8 Å². The van der Waals surface area contributed by atoms with E-state index in [9.17, 15) is 13.6 Å². The standard InChI is InChI=1S/C20H15F2N3O2/c1-11-17(18(26)24-15-5-3-4-14(9-15)20(2,21)22)25-19(27-11)12-6-7-13-10-23-16(13)8-12/h3-10H,1-2H3,(H,24,26). The minimum absolute atomic E-state index is 0.102. The highest BCUT2D eigenvalue weighted by atomic mass is 19.3. The first kappa shape index (κ1) is 17.1. The van der Waals surface area contributed by atoms with E-state index < -0.39 is 11.8 Å². The molecule has 1 amide bonds. The molecule has 7 heteroatoms. The molecule has 1 aliphatic heterocycles. The van der Waals surface area contributed by atoms with Gasteiger partial charge < -0.3 is 9.73 Å². The molecule has 1 N–H and O–H groups in total. The predicted molar refractivity (Wildman–Crippen MR) is 95.9 cm³/mol. The van der Waals surface area contributed by atoms with Crippen LogP contribution >= 0.6 is 0 Å². The zero-order chi connectivity index (χ0) is 19.2. The number of carbonyl (C=O) groups is 1. The molecule has 0 bridgehead atoms. The molecule has 3 aromatic rings. The first-order valence-electron chi connectivity index (χ1n) is 8.27. The van der Waals surface area contributed by atoms with Crippen molar-refractivity contribution < 1.29 is 18.0 Å². The van der Waals surface area contributed by atoms with Gasteiger partial charge in [0.2, 0.25) is 5.89 Å². The number of rotatable bonds is 4. The maximum Gasteiger partial charge on any atom is 0.277 e. The molecule has 4 rings (SSSR count). The Morgan fingerprint density at radius 1 is 1.19 bits per heavy atom. The van der Waals surface area contributed by atoms with Crippen LogP contribution in [0.3, 0.4) is 0 Å². The number of carbonyl (C=O) groups excluding carboxylic acids is 1. The summed E-state index contributed by atoms with van der Waals surface area (Å²) in [6.07, 6.45) is 1.76. The van der Waals surface area contributed by atoms with Gasteiger partial charge in [0.05, 0.1) is 5.36 Å². The van der Waals surface area contributed by atoms with Gasteiger partial charge in [-0.1, -0.05) is 18.2 Å². The average Bonchev–Trinajstić information content (AvgIpc) is 2.97. The molecule has 1 aromatic heterocycles. The van der Waals surface area contributed by atoms with Crippen molar-refractivity contribution in [3.63, 3.8) is 0 Å². The molecule has 0 spiro atoms. The molecule has 2 aromatic carbocycles. The second kappa shape index (κ2) is 6.12. The lowest BCUT2D eigenvalue weighted by molar-refractivity contribution is 0.0175. The third-order valence-electron chi connectivity index (χ3n) is 4.26. The summed E-state index contributed by atoms with van der Waals surface area (Å²) in [6.45, 7) is 2.43. The van der Waals surface area contributed by atoms with Gasteiger partial charge in [0.1, 0.15) is 5.76 Å². The van der Waals surface area contributed by atoms with Gasteiger partial charge >= 0.3 is 0 Å². The lowest BCUT2D eigenvalue weighted by Crippen LogP contribution is -2.30. The minimum atomic E-state index is -2.99. The van der Waals surface area contributed by atoms with E-state index in [1.165, 1.54) is 18.2 Å². The number of nitrogens with zero attached hydrogens (tertiary/aromatic N) is 2. The largest absolute Gasteiger partial charge is 0.441 e. The number of oxazole rings is 1. The molecule has 2 heterocycles. The Morgan fingerprint density at radius 3 is 2.67 bits per heavy atom. The number of alkyl halides is 2. The Bertz CT molecular complexity index is 1180. The molecule has 1 aliphatic rings. The average molecular weight is 367 g/mol. The van der Waals surface area contributed by atoms with Crippen molar-refractivity contribution >= 4 is 17.8 Å². The van der Waals surface area contributed by atoms with E-state index in [1.807, 2.05) is 18.2 Å². The fourth-order valence-corrected chi connectivity index (χ4v) is 2.76. The molecular weight excluding hydrogens is 352 g/mol. The van der Waals surface area contributed by atoms with Crippen LogP contribution in [0.25, 0.3) is 17.7 Å². The summed E-state index contributed by atoms with van der Waals surface area (Å²) < 4.78 is 32.5. The smallest absolute Gasteiger partial charge is 0.277 e. The number of hydrogen-bond donors (Lipinski definition) is 1. The Morgan fingerprint density at radius 2 is 2.00 bits per heavy atom. The molecule has 5 nitrogen and oxygen atoms in total. The van der Waals surface area contributed by atoms with Crippen LogP contribution in [0.5, 0.6) is 0 Å². The fourth-order valence-electron chi connectivity index (χ4n) is 2.76. The molecule has 0 atom stereocenters. The Kier molecular flexibility index (Phi) is 3.87. The number of amides is 1. The van der Waals surface area contributed by atoms with Crippen molar-refractivity contribution in [2.45, 2.75) is 19.8 Å². The maximum absolute atomic E-state index is 13.5. The van der Waals surface area contributed by atoms with Crippen LogP contribution in [-0.2, 0) is 5.92 Å². The van der Waals surface area contributed by atoms with Crippen LogP contribution in [0.4, 0.5) is 14.5 Å². The molecule has 0 saturated carbocycles. The summed E-state index contributed by atoms with van der Waals surface area (Å²) in [4.78, 5) is 20.9. The summed E-state index contributed by atoms with van der Waals surface area (Å²) in [5.41, 5.74) is 0.893. The first-order chi connectivity index (χ1) is 12.8. The lowest BCUT2D eigenvalue weighted by Gasteiger charge is -2.12. The number of aryl methyl sites for hydroxylation is 1. The van der Waals surface area contributed by atoms with E-state index in [4.69, 9.17) is 4.42 Å². The van der Waals surface area contributed by atoms with Crippen molar-refractivity contribution in [3.8, 4) is 11.5 Å². The fraction of sp³-hybridized carbons (Fsp3) is 0.150. The highest BCUT2D eigenvalue weighted by molar-refractivity contribution is 6.03. The predicted octanol–water partition coefficient (Wildman–Crippen LogP) is 3.39. The van der Waals surface area contributed by atoms with E-state index in [1.54, 1.807) is 19.2 Å². The topological polar surface area (TPSA) is 67.5 Å². The van der Waals surface area contributed by atoms with E-state index in [-0.39, 0.29) is 16.9 Å². The Hall–Kier alpha value is -3.35. The van der Waals surface area contributed by atoms with Gasteiger partial charge in [-0.3, -0.25) is 9.79 Å². The van der Waals surface area contributed by atoms with Crippen molar-refractivity contribution in [1.82, 2.24) is 4.98 Å². The SMILES string of the molecule is Cc1oc(-c2ccc3c(c2)=NC=3)nc1C(=O)Nc1cccc(C(C)(F)F)c1. The minimum Gasteiger partial charge on any atom is -0.441 e. The molecule has 0 radical (unpaired) electrons. The quantitative estimate of drug-likeness (QED) is 0.769. The Balaban J connectivity index is 1.60. The number of fused-ring (bicyclic) bond motifs is 1. The molecular formula is C20H15F2N3O2. The van der Waals surface area contributed by atoms with Gasteiger partial charge in [-0.05, 0) is 31.2 Å². The van der Waals surface area contributed by atoms with Gasteiger partial charge in [-0.25, -0.2) is 13.8 Å². The summed E-state index contributed by atoms with van der Waals surface area (Å²) in [5, 5.41) is 4.46. The number of aromatic nitrogens is 1. The van der Waals surface area contributed by atoms with Gasteiger partial charge in [-0.2, -0.15) is 0 Å². The molecule has 136 valence electrons. The summed E-state index contributed by atoms with van der Waals surface area (Å²) in [6, 6.07) is 11.1. The maximum atomic E-state index is 13.5. The third kappa shape index (κ3) is 3.23. The van der Waals surface area contributed by atoms with Crippen molar-refractivity contribution in [2.75, 3.05) is 5.32 Å². The number of hydrogen-bond acceptors (Lipinski definition) is 4. The molecule has 0 fully saturated rings. The summed E-state index contributed by atoms with van der Waals surface area (Å²) >= 11 is 0. The van der Waals surface area contributed by atoms with E-state index in [2.05, 4.69) is 15.3 Å². The van der Waals surface area contributed by atoms with Crippen LogP contribution in [0.1, 0.15) is 28.7 Å². The third-order valence-corrected chi connectivity index (χ3v) is 4.26. The number of anilines is 1. The van der Waals surface area contributed by atoms with Crippen molar-refractivity contribution in [1.29, 1.82) is 0 Å². The Labute approximate surface area is 153 Å². The highest BCUT2D eigenvalue weighted by Crippen LogP contribution is 2.29. The zero-order valence-electron chi connectivity index (χ0n) is 14.6. The van der Waals surface area contributed by atoms with E-state index in [0.717, 1.165) is 17.5 Å². The number of nitrogens with one attached hydrogen (secondary N) is 1. The second-order valence-corrected chi connectivity index (χ2v) is 6.38.